The van der Waals surface area contributed by atoms with Crippen LogP contribution in [0.25, 0.3) is 10.9 Å². The summed E-state index contributed by atoms with van der Waals surface area (Å²) in [5, 5.41) is 4.30. The zero-order valence-electron chi connectivity index (χ0n) is 19.5. The quantitative estimate of drug-likeness (QED) is 0.487. The Morgan fingerprint density at radius 2 is 2.00 bits per heavy atom. The molecule has 0 aliphatic carbocycles. The molecule has 5 nitrogen and oxygen atoms in total. The van der Waals surface area contributed by atoms with Crippen molar-refractivity contribution in [3.05, 3.63) is 59.8 Å². The molecule has 170 valence electrons. The fourth-order valence-electron chi connectivity index (χ4n) is 4.63. The molecule has 5 heteroatoms. The molecule has 1 aromatic heterocycles. The van der Waals surface area contributed by atoms with E-state index in [-0.39, 0.29) is 11.8 Å². The average Bonchev–Trinajstić information content (AvgIpc) is 3.21. The van der Waals surface area contributed by atoms with Gasteiger partial charge in [0.05, 0.1) is 7.11 Å². The van der Waals surface area contributed by atoms with E-state index in [1.807, 2.05) is 26.0 Å². The van der Waals surface area contributed by atoms with Gasteiger partial charge in [0.25, 0.3) is 0 Å². The van der Waals surface area contributed by atoms with Gasteiger partial charge in [-0.1, -0.05) is 26.0 Å². The Hall–Kier alpha value is -2.79. The molecule has 3 aromatic rings. The van der Waals surface area contributed by atoms with Crippen molar-refractivity contribution in [2.45, 2.75) is 45.4 Å². The smallest absolute Gasteiger partial charge is 0.226 e. The molecule has 0 saturated carbocycles. The lowest BCUT2D eigenvalue weighted by Crippen LogP contribution is -2.33. The number of anilines is 1. The van der Waals surface area contributed by atoms with E-state index < -0.39 is 0 Å². The molecule has 4 rings (SSSR count). The van der Waals surface area contributed by atoms with Crippen molar-refractivity contribution in [1.29, 1.82) is 0 Å². The molecular formula is C27H35N3O2. The molecule has 32 heavy (non-hydrogen) atoms. The van der Waals surface area contributed by atoms with Crippen LogP contribution >= 0.6 is 0 Å². The number of H-pyrrole nitrogens is 1. The lowest BCUT2D eigenvalue weighted by Gasteiger charge is -2.32. The number of likely N-dealkylation sites (tertiary alicyclic amines) is 1. The average molecular weight is 434 g/mol. The Labute approximate surface area is 191 Å². The van der Waals surface area contributed by atoms with Crippen LogP contribution in [-0.4, -0.2) is 42.5 Å². The minimum atomic E-state index is -0.00631. The summed E-state index contributed by atoms with van der Waals surface area (Å²) in [5.74, 6) is 1.55. The molecule has 1 amide bonds. The van der Waals surface area contributed by atoms with Crippen molar-refractivity contribution >= 4 is 22.5 Å². The molecule has 1 aliphatic rings. The molecule has 1 fully saturated rings. The van der Waals surface area contributed by atoms with Gasteiger partial charge in [0, 0.05) is 28.7 Å². The number of rotatable bonds is 8. The highest BCUT2D eigenvalue weighted by molar-refractivity contribution is 5.92. The largest absolute Gasteiger partial charge is 0.497 e. The number of aromatic amines is 1. The Kier molecular flexibility index (Phi) is 7.15. The van der Waals surface area contributed by atoms with Crippen LogP contribution in [-0.2, 0) is 11.2 Å². The van der Waals surface area contributed by atoms with E-state index in [1.54, 1.807) is 7.11 Å². The molecule has 0 atom stereocenters. The van der Waals surface area contributed by atoms with E-state index in [0.29, 0.717) is 5.92 Å². The van der Waals surface area contributed by atoms with E-state index in [4.69, 9.17) is 4.74 Å². The summed E-state index contributed by atoms with van der Waals surface area (Å²) in [4.78, 5) is 18.0. The van der Waals surface area contributed by atoms with Crippen molar-refractivity contribution in [2.75, 3.05) is 32.1 Å². The SMILES string of the molecule is COc1ccc2[nH]cc(CCCN3CCC(c4cccc(NC(=O)C(C)C)c4)CC3)c2c1. The van der Waals surface area contributed by atoms with Gasteiger partial charge in [0.1, 0.15) is 5.75 Å². The fraction of sp³-hybridized carbons (Fsp3) is 0.444. The number of carbonyl (C=O) groups is 1. The first-order valence-corrected chi connectivity index (χ1v) is 11.8. The second-order valence-electron chi connectivity index (χ2n) is 9.21. The van der Waals surface area contributed by atoms with Gasteiger partial charge < -0.3 is 19.9 Å². The van der Waals surface area contributed by atoms with Crippen molar-refractivity contribution < 1.29 is 9.53 Å². The third-order valence-corrected chi connectivity index (χ3v) is 6.63. The number of aryl methyl sites for hydroxylation is 1. The van der Waals surface area contributed by atoms with Gasteiger partial charge in [-0.15, -0.1) is 0 Å². The van der Waals surface area contributed by atoms with E-state index >= 15 is 0 Å². The maximum atomic E-state index is 12.0. The van der Waals surface area contributed by atoms with Crippen LogP contribution in [0.15, 0.2) is 48.7 Å². The number of carbonyl (C=O) groups excluding carboxylic acids is 1. The van der Waals surface area contributed by atoms with Gasteiger partial charge in [0.15, 0.2) is 0 Å². The summed E-state index contributed by atoms with van der Waals surface area (Å²) in [6.45, 7) is 7.24. The molecule has 1 aliphatic heterocycles. The maximum Gasteiger partial charge on any atom is 0.226 e. The van der Waals surface area contributed by atoms with E-state index in [1.165, 1.54) is 34.9 Å². The molecule has 1 saturated heterocycles. The molecule has 2 heterocycles. The van der Waals surface area contributed by atoms with Gasteiger partial charge >= 0.3 is 0 Å². The lowest BCUT2D eigenvalue weighted by atomic mass is 9.89. The third-order valence-electron chi connectivity index (χ3n) is 6.63. The van der Waals surface area contributed by atoms with Crippen LogP contribution in [0.1, 0.15) is 50.2 Å². The van der Waals surface area contributed by atoms with Crippen LogP contribution < -0.4 is 10.1 Å². The minimum Gasteiger partial charge on any atom is -0.497 e. The summed E-state index contributed by atoms with van der Waals surface area (Å²) in [6, 6.07) is 14.6. The van der Waals surface area contributed by atoms with E-state index in [9.17, 15) is 4.79 Å². The van der Waals surface area contributed by atoms with Crippen molar-refractivity contribution in [3.8, 4) is 5.75 Å². The number of nitrogens with one attached hydrogen (secondary N) is 2. The van der Waals surface area contributed by atoms with Gasteiger partial charge in [-0.25, -0.2) is 0 Å². The molecule has 0 spiro atoms. The zero-order chi connectivity index (χ0) is 22.5. The third kappa shape index (κ3) is 5.33. The van der Waals surface area contributed by atoms with Crippen LogP contribution in [0, 0.1) is 5.92 Å². The topological polar surface area (TPSA) is 57.4 Å². The Morgan fingerprint density at radius 1 is 1.19 bits per heavy atom. The normalized spacial score (nSPS) is 15.4. The van der Waals surface area contributed by atoms with Crippen LogP contribution in [0.2, 0.25) is 0 Å². The van der Waals surface area contributed by atoms with E-state index in [2.05, 4.69) is 51.7 Å². The second kappa shape index (κ2) is 10.2. The number of hydrogen-bond acceptors (Lipinski definition) is 3. The Bertz CT molecular complexity index is 1050. The minimum absolute atomic E-state index is 0.00631. The number of benzene rings is 2. The summed E-state index contributed by atoms with van der Waals surface area (Å²) in [5.41, 5.74) is 4.81. The highest BCUT2D eigenvalue weighted by Gasteiger charge is 2.21. The second-order valence-corrected chi connectivity index (χ2v) is 9.21. The molecule has 2 aromatic carbocycles. The Balaban J connectivity index is 1.26. The highest BCUT2D eigenvalue weighted by atomic mass is 16.5. The predicted octanol–water partition coefficient (Wildman–Crippen LogP) is 5.58. The van der Waals surface area contributed by atoms with Crippen LogP contribution in [0.5, 0.6) is 5.75 Å². The molecule has 0 bridgehead atoms. The number of amides is 1. The van der Waals surface area contributed by atoms with Gasteiger partial charge in [-0.05, 0) is 92.7 Å². The summed E-state index contributed by atoms with van der Waals surface area (Å²) < 4.78 is 5.39. The first-order chi connectivity index (χ1) is 15.5. The Morgan fingerprint density at radius 3 is 2.75 bits per heavy atom. The summed E-state index contributed by atoms with van der Waals surface area (Å²) in [6.07, 6.45) is 6.72. The van der Waals surface area contributed by atoms with Crippen molar-refractivity contribution in [1.82, 2.24) is 9.88 Å². The monoisotopic (exact) mass is 433 g/mol. The van der Waals surface area contributed by atoms with Crippen LogP contribution in [0.3, 0.4) is 0 Å². The number of ether oxygens (including phenoxy) is 1. The van der Waals surface area contributed by atoms with Gasteiger partial charge in [0.2, 0.25) is 5.91 Å². The molecule has 0 radical (unpaired) electrons. The van der Waals surface area contributed by atoms with Crippen LogP contribution in [0.4, 0.5) is 5.69 Å². The first kappa shape index (κ1) is 22.4. The molecule has 2 N–H and O–H groups in total. The number of methoxy groups -OCH3 is 1. The number of fused-ring (bicyclic) bond motifs is 1. The summed E-state index contributed by atoms with van der Waals surface area (Å²) >= 11 is 0. The van der Waals surface area contributed by atoms with Gasteiger partial charge in [-0.2, -0.15) is 0 Å². The van der Waals surface area contributed by atoms with Crippen molar-refractivity contribution in [3.63, 3.8) is 0 Å². The number of nitrogens with zero attached hydrogens (tertiary/aromatic N) is 1. The molecular weight excluding hydrogens is 398 g/mol. The lowest BCUT2D eigenvalue weighted by molar-refractivity contribution is -0.118. The maximum absolute atomic E-state index is 12.0. The fourth-order valence-corrected chi connectivity index (χ4v) is 4.63. The zero-order valence-corrected chi connectivity index (χ0v) is 19.5. The molecule has 0 unspecified atom stereocenters. The van der Waals surface area contributed by atoms with E-state index in [0.717, 1.165) is 43.9 Å². The highest BCUT2D eigenvalue weighted by Crippen LogP contribution is 2.30. The number of hydrogen-bond donors (Lipinski definition) is 2. The number of aromatic nitrogens is 1. The number of piperidine rings is 1. The predicted molar refractivity (Wildman–Crippen MR) is 131 cm³/mol. The standard InChI is InChI=1S/C27H35N3O2/c1-19(2)27(31)29-23-8-4-6-21(16-23)20-11-14-30(15-12-20)13-5-7-22-18-28-26-10-9-24(32-3)17-25(22)26/h4,6,8-10,16-20,28H,5,7,11-15H2,1-3H3,(H,29,31). The van der Waals surface area contributed by atoms with Crippen molar-refractivity contribution in [2.24, 2.45) is 5.92 Å². The van der Waals surface area contributed by atoms with Gasteiger partial charge in [-0.3, -0.25) is 4.79 Å². The first-order valence-electron chi connectivity index (χ1n) is 11.8. The summed E-state index contributed by atoms with van der Waals surface area (Å²) in [7, 11) is 1.72.